The van der Waals surface area contributed by atoms with E-state index in [-0.39, 0.29) is 4.87 Å². The second kappa shape index (κ2) is 3.48. The van der Waals surface area contributed by atoms with E-state index in [1.165, 1.54) is 10.2 Å². The molecule has 0 aliphatic heterocycles. The molecule has 0 amide bonds. The lowest BCUT2D eigenvalue weighted by Crippen LogP contribution is -2.17. The molecule has 0 spiro atoms. The van der Waals surface area contributed by atoms with E-state index in [9.17, 15) is 4.79 Å². The molecule has 1 aromatic rings. The summed E-state index contributed by atoms with van der Waals surface area (Å²) in [5.74, 6) is 0. The van der Waals surface area contributed by atoms with Crippen LogP contribution < -0.4 is 4.87 Å². The second-order valence-corrected chi connectivity index (χ2v) is 2.52. The number of ether oxygens (including phenoxy) is 1. The fourth-order valence-corrected chi connectivity index (χ4v) is 1.07. The highest BCUT2D eigenvalue weighted by molar-refractivity contribution is 7.06. The van der Waals surface area contributed by atoms with Crippen molar-refractivity contribution < 1.29 is 4.74 Å². The van der Waals surface area contributed by atoms with Crippen molar-refractivity contribution in [2.75, 3.05) is 13.7 Å². The summed E-state index contributed by atoms with van der Waals surface area (Å²) < 4.78 is 6.16. The van der Waals surface area contributed by atoms with Crippen LogP contribution in [0.4, 0.5) is 0 Å². The van der Waals surface area contributed by atoms with Gasteiger partial charge < -0.3 is 4.74 Å². The van der Waals surface area contributed by atoms with Crippen molar-refractivity contribution in [3.63, 3.8) is 0 Å². The van der Waals surface area contributed by atoms with Crippen molar-refractivity contribution in [2.24, 2.45) is 0 Å². The van der Waals surface area contributed by atoms with Crippen molar-refractivity contribution in [3.8, 4) is 0 Å². The molecule has 1 heterocycles. The van der Waals surface area contributed by atoms with Gasteiger partial charge in [0, 0.05) is 7.11 Å². The van der Waals surface area contributed by atoms with Gasteiger partial charge in [0.05, 0.1) is 13.2 Å². The van der Waals surface area contributed by atoms with E-state index in [2.05, 4.69) is 5.10 Å². The van der Waals surface area contributed by atoms with Crippen molar-refractivity contribution in [3.05, 3.63) is 15.2 Å². The summed E-state index contributed by atoms with van der Waals surface area (Å²) in [4.78, 5) is 10.8. The lowest BCUT2D eigenvalue weighted by Gasteiger charge is -1.95. The predicted octanol–water partition coefficient (Wildman–Crippen LogP) is -0.0488. The Balaban J connectivity index is 2.57. The summed E-state index contributed by atoms with van der Waals surface area (Å²) in [6, 6.07) is 0. The van der Waals surface area contributed by atoms with Gasteiger partial charge in [-0.25, -0.2) is 4.68 Å². The largest absolute Gasteiger partial charge is 0.383 e. The SMILES string of the molecule is COCCn1ncsc1=O. The minimum Gasteiger partial charge on any atom is -0.383 e. The van der Waals surface area contributed by atoms with E-state index in [0.717, 1.165) is 11.3 Å². The van der Waals surface area contributed by atoms with Crippen LogP contribution in [0.3, 0.4) is 0 Å². The van der Waals surface area contributed by atoms with Crippen LogP contribution in [0.5, 0.6) is 0 Å². The Morgan fingerprint density at radius 3 is 3.20 bits per heavy atom. The molecule has 0 aliphatic rings. The normalized spacial score (nSPS) is 10.1. The Morgan fingerprint density at radius 2 is 2.70 bits per heavy atom. The maximum absolute atomic E-state index is 10.8. The molecule has 0 saturated heterocycles. The molecular weight excluding hydrogens is 152 g/mol. The van der Waals surface area contributed by atoms with Gasteiger partial charge in [0.15, 0.2) is 0 Å². The van der Waals surface area contributed by atoms with Crippen molar-refractivity contribution >= 4 is 11.3 Å². The summed E-state index contributed by atoms with van der Waals surface area (Å²) in [6.07, 6.45) is 0. The van der Waals surface area contributed by atoms with Gasteiger partial charge in [-0.2, -0.15) is 5.10 Å². The van der Waals surface area contributed by atoms with Crippen LogP contribution >= 0.6 is 11.3 Å². The first-order chi connectivity index (χ1) is 4.84. The molecule has 4 nitrogen and oxygen atoms in total. The minimum absolute atomic E-state index is 0.0305. The van der Waals surface area contributed by atoms with E-state index in [1.807, 2.05) is 0 Å². The maximum atomic E-state index is 10.8. The van der Waals surface area contributed by atoms with Crippen molar-refractivity contribution in [1.82, 2.24) is 9.78 Å². The third-order valence-electron chi connectivity index (χ3n) is 1.06. The Labute approximate surface area is 62.1 Å². The lowest BCUT2D eigenvalue weighted by molar-refractivity contribution is 0.182. The van der Waals surface area contributed by atoms with E-state index in [4.69, 9.17) is 4.74 Å². The third-order valence-corrected chi connectivity index (χ3v) is 1.67. The zero-order valence-corrected chi connectivity index (χ0v) is 6.43. The van der Waals surface area contributed by atoms with E-state index in [1.54, 1.807) is 7.11 Å². The monoisotopic (exact) mass is 160 g/mol. The van der Waals surface area contributed by atoms with Crippen LogP contribution in [-0.2, 0) is 11.3 Å². The predicted molar refractivity (Wildman–Crippen MR) is 38.3 cm³/mol. The van der Waals surface area contributed by atoms with Gasteiger partial charge in [0.2, 0.25) is 0 Å². The van der Waals surface area contributed by atoms with Crippen molar-refractivity contribution in [2.45, 2.75) is 6.54 Å². The fourth-order valence-electron chi connectivity index (χ4n) is 0.560. The number of aromatic nitrogens is 2. The van der Waals surface area contributed by atoms with Crippen molar-refractivity contribution in [1.29, 1.82) is 0 Å². The molecule has 0 N–H and O–H groups in total. The summed E-state index contributed by atoms with van der Waals surface area (Å²) in [5, 5.41) is 3.80. The van der Waals surface area contributed by atoms with Crippen LogP contribution in [0, 0.1) is 0 Å². The Morgan fingerprint density at radius 1 is 1.90 bits per heavy atom. The average Bonchev–Trinajstić information content (AvgIpc) is 2.31. The van der Waals surface area contributed by atoms with Crippen LogP contribution in [0.2, 0.25) is 0 Å². The standard InChI is InChI=1S/C5H8N2O2S/c1-9-3-2-7-5(8)10-4-6-7/h4H,2-3H2,1H3. The summed E-state index contributed by atoms with van der Waals surface area (Å²) >= 11 is 1.10. The quantitative estimate of drug-likeness (QED) is 0.622. The number of hydrogen-bond donors (Lipinski definition) is 0. The molecule has 0 bridgehead atoms. The average molecular weight is 160 g/mol. The second-order valence-electron chi connectivity index (χ2n) is 1.72. The van der Waals surface area contributed by atoms with Gasteiger partial charge in [-0.05, 0) is 0 Å². The van der Waals surface area contributed by atoms with Crippen LogP contribution in [0.1, 0.15) is 0 Å². The molecule has 0 aromatic carbocycles. The van der Waals surface area contributed by atoms with Crippen LogP contribution in [0.15, 0.2) is 10.3 Å². The van der Waals surface area contributed by atoms with E-state index < -0.39 is 0 Å². The Bertz CT molecular complexity index is 242. The first-order valence-corrected chi connectivity index (χ1v) is 3.72. The van der Waals surface area contributed by atoms with Gasteiger partial charge in [-0.1, -0.05) is 11.3 Å². The first-order valence-electron chi connectivity index (χ1n) is 2.84. The summed E-state index contributed by atoms with van der Waals surface area (Å²) in [6.45, 7) is 1.07. The zero-order chi connectivity index (χ0) is 7.40. The Hall–Kier alpha value is -0.680. The molecule has 0 radical (unpaired) electrons. The van der Waals surface area contributed by atoms with Gasteiger partial charge in [0.1, 0.15) is 5.51 Å². The van der Waals surface area contributed by atoms with Gasteiger partial charge in [-0.15, -0.1) is 0 Å². The zero-order valence-electron chi connectivity index (χ0n) is 5.61. The van der Waals surface area contributed by atoms with Gasteiger partial charge in [0.25, 0.3) is 0 Å². The Kier molecular flexibility index (Phi) is 2.58. The molecule has 0 saturated carbocycles. The summed E-state index contributed by atoms with van der Waals surface area (Å²) in [5.41, 5.74) is 1.53. The van der Waals surface area contributed by atoms with E-state index >= 15 is 0 Å². The van der Waals surface area contributed by atoms with E-state index in [0.29, 0.717) is 13.2 Å². The molecule has 0 atom stereocenters. The maximum Gasteiger partial charge on any atom is 0.324 e. The van der Waals surface area contributed by atoms with Gasteiger partial charge >= 0.3 is 4.87 Å². The lowest BCUT2D eigenvalue weighted by atomic mass is 10.7. The number of nitrogens with zero attached hydrogens (tertiary/aromatic N) is 2. The first kappa shape index (κ1) is 7.43. The van der Waals surface area contributed by atoms with Crippen LogP contribution in [0.25, 0.3) is 0 Å². The molecule has 5 heteroatoms. The number of hydrogen-bond acceptors (Lipinski definition) is 4. The van der Waals surface area contributed by atoms with Crippen LogP contribution in [-0.4, -0.2) is 23.5 Å². The molecule has 0 aliphatic carbocycles. The molecule has 56 valence electrons. The smallest absolute Gasteiger partial charge is 0.324 e. The molecule has 10 heavy (non-hydrogen) atoms. The summed E-state index contributed by atoms with van der Waals surface area (Å²) in [7, 11) is 1.59. The minimum atomic E-state index is -0.0305. The molecule has 1 aromatic heterocycles. The highest BCUT2D eigenvalue weighted by atomic mass is 32.1. The fraction of sp³-hybridized carbons (Fsp3) is 0.600. The molecule has 0 fully saturated rings. The highest BCUT2D eigenvalue weighted by Crippen LogP contribution is 1.82. The molecule has 1 rings (SSSR count). The molecule has 0 unspecified atom stereocenters. The topological polar surface area (TPSA) is 44.1 Å². The van der Waals surface area contributed by atoms with Gasteiger partial charge in [-0.3, -0.25) is 4.79 Å². The number of rotatable bonds is 3. The molecular formula is C5H8N2O2S. The third kappa shape index (κ3) is 1.65. The highest BCUT2D eigenvalue weighted by Gasteiger charge is 1.94. The number of methoxy groups -OCH3 is 1.